The number of phenolic OH excluding ortho intramolecular Hbond substituents is 1. The fraction of sp³-hybridized carbons (Fsp3) is 0.256. The lowest BCUT2D eigenvalue weighted by molar-refractivity contribution is -0.116. The van der Waals surface area contributed by atoms with Gasteiger partial charge in [-0.25, -0.2) is 4.79 Å². The van der Waals surface area contributed by atoms with Crippen molar-refractivity contribution in [2.45, 2.75) is 36.8 Å². The molecule has 0 bridgehead atoms. The first-order chi connectivity index (χ1) is 25.3. The smallest absolute Gasteiger partial charge is 0.411 e. The van der Waals surface area contributed by atoms with Crippen molar-refractivity contribution in [1.29, 1.82) is 0 Å². The van der Waals surface area contributed by atoms with E-state index in [1.165, 1.54) is 17.8 Å². The third-order valence-corrected chi connectivity index (χ3v) is 10.2. The van der Waals surface area contributed by atoms with Crippen molar-refractivity contribution in [3.63, 3.8) is 0 Å². The third-order valence-electron chi connectivity index (χ3n) is 8.83. The Kier molecular flexibility index (Phi) is 12.4. The lowest BCUT2D eigenvalue weighted by Crippen LogP contribution is -2.39. The number of hydrogen-bond acceptors (Lipinski definition) is 9. The van der Waals surface area contributed by atoms with E-state index < -0.39 is 6.09 Å². The summed E-state index contributed by atoms with van der Waals surface area (Å²) in [5.41, 5.74) is 4.05. The van der Waals surface area contributed by atoms with Gasteiger partial charge in [-0.05, 0) is 48.7 Å². The highest BCUT2D eigenvalue weighted by Gasteiger charge is 2.23. The molecule has 5 aromatic rings. The van der Waals surface area contributed by atoms with E-state index in [0.717, 1.165) is 27.0 Å². The van der Waals surface area contributed by atoms with Gasteiger partial charge in [-0.1, -0.05) is 60.1 Å². The molecule has 0 radical (unpaired) electrons. The minimum absolute atomic E-state index is 0.0203. The number of nitrogens with zero attached hydrogens (tertiary/aromatic N) is 1. The number of pyridine rings is 1. The molecule has 5 N–H and O–H groups in total. The van der Waals surface area contributed by atoms with Gasteiger partial charge in [0.2, 0.25) is 11.5 Å². The SMILES string of the molecule is COc1cc(NC(=O)CCN2CCC(OC(=O)Nc3ccccc3-c3ccccc3)CC2)c(Cl)cc1CNCSc1ccc(O)c2[nH]c(=O)ccc12. The second-order valence-corrected chi connectivity index (χ2v) is 13.8. The van der Waals surface area contributed by atoms with Gasteiger partial charge >= 0.3 is 6.09 Å². The van der Waals surface area contributed by atoms with Gasteiger partial charge in [0.25, 0.3) is 0 Å². The summed E-state index contributed by atoms with van der Waals surface area (Å²) in [6.45, 7) is 2.45. The van der Waals surface area contributed by atoms with Crippen LogP contribution < -0.4 is 26.2 Å². The maximum atomic E-state index is 12.9. The van der Waals surface area contributed by atoms with Crippen LogP contribution >= 0.6 is 23.4 Å². The van der Waals surface area contributed by atoms with Crippen molar-refractivity contribution in [2.24, 2.45) is 0 Å². The average Bonchev–Trinajstić information content (AvgIpc) is 3.15. The number of phenols is 1. The first-order valence-electron chi connectivity index (χ1n) is 17.0. The summed E-state index contributed by atoms with van der Waals surface area (Å²) in [6, 6.07) is 27.5. The van der Waals surface area contributed by atoms with Gasteiger partial charge in [-0.2, -0.15) is 0 Å². The van der Waals surface area contributed by atoms with E-state index in [4.69, 9.17) is 21.1 Å². The number of anilines is 2. The number of carbonyl (C=O) groups excluding carboxylic acids is 2. The molecule has 13 heteroatoms. The number of thioether (sulfide) groups is 1. The molecule has 2 heterocycles. The summed E-state index contributed by atoms with van der Waals surface area (Å²) in [7, 11) is 1.57. The summed E-state index contributed by atoms with van der Waals surface area (Å²) in [5, 5.41) is 20.5. The van der Waals surface area contributed by atoms with Crippen molar-refractivity contribution in [2.75, 3.05) is 43.3 Å². The molecule has 6 rings (SSSR count). The molecule has 11 nitrogen and oxygen atoms in total. The van der Waals surface area contributed by atoms with Gasteiger partial charge in [0.1, 0.15) is 17.6 Å². The number of fused-ring (bicyclic) bond motifs is 1. The van der Waals surface area contributed by atoms with E-state index >= 15 is 0 Å². The second-order valence-electron chi connectivity index (χ2n) is 12.3. The molecule has 1 aliphatic rings. The number of para-hydroxylation sites is 1. The molecular weight excluding hydrogens is 702 g/mol. The zero-order valence-corrected chi connectivity index (χ0v) is 30.2. The maximum Gasteiger partial charge on any atom is 0.411 e. The Bertz CT molecular complexity index is 2090. The number of benzene rings is 4. The number of rotatable bonds is 13. The first kappa shape index (κ1) is 36.8. The highest BCUT2D eigenvalue weighted by molar-refractivity contribution is 7.99. The number of hydrogen-bond donors (Lipinski definition) is 5. The average molecular weight is 742 g/mol. The predicted octanol–water partition coefficient (Wildman–Crippen LogP) is 7.44. The fourth-order valence-electron chi connectivity index (χ4n) is 6.14. The number of amides is 2. The maximum absolute atomic E-state index is 12.9. The quantitative estimate of drug-likeness (QED) is 0.0472. The zero-order chi connectivity index (χ0) is 36.5. The van der Waals surface area contributed by atoms with Crippen LogP contribution in [0.4, 0.5) is 16.2 Å². The molecular formula is C39H40ClN5O6S. The number of piperidine rings is 1. The van der Waals surface area contributed by atoms with Crippen LogP contribution in [0.1, 0.15) is 24.8 Å². The molecule has 1 fully saturated rings. The molecule has 0 aliphatic carbocycles. The lowest BCUT2D eigenvalue weighted by atomic mass is 10.0. The first-order valence-corrected chi connectivity index (χ1v) is 18.3. The summed E-state index contributed by atoms with van der Waals surface area (Å²) < 4.78 is 11.4. The zero-order valence-electron chi connectivity index (χ0n) is 28.6. The minimum Gasteiger partial charge on any atom is -0.506 e. The van der Waals surface area contributed by atoms with Crippen LogP contribution in [0.5, 0.6) is 11.5 Å². The number of ether oxygens (including phenoxy) is 2. The molecule has 270 valence electrons. The minimum atomic E-state index is -0.475. The molecule has 0 saturated carbocycles. The van der Waals surface area contributed by atoms with E-state index in [1.807, 2.05) is 60.7 Å². The lowest BCUT2D eigenvalue weighted by Gasteiger charge is -2.31. The summed E-state index contributed by atoms with van der Waals surface area (Å²) in [5.74, 6) is 0.980. The van der Waals surface area contributed by atoms with E-state index in [2.05, 4.69) is 25.8 Å². The van der Waals surface area contributed by atoms with Crippen LogP contribution in [-0.4, -0.2) is 65.7 Å². The fourth-order valence-corrected chi connectivity index (χ4v) is 7.23. The van der Waals surface area contributed by atoms with Crippen molar-refractivity contribution < 1.29 is 24.2 Å². The van der Waals surface area contributed by atoms with Gasteiger partial charge in [-0.15, -0.1) is 11.8 Å². The highest BCUT2D eigenvalue weighted by Crippen LogP contribution is 2.33. The molecule has 2 amide bonds. The topological polar surface area (TPSA) is 145 Å². The van der Waals surface area contributed by atoms with Crippen LogP contribution in [0.25, 0.3) is 22.0 Å². The molecule has 0 atom stereocenters. The Balaban J connectivity index is 0.931. The molecule has 1 aliphatic heterocycles. The number of halogens is 1. The number of aromatic amines is 1. The number of aromatic nitrogens is 1. The van der Waals surface area contributed by atoms with Crippen LogP contribution in [0.2, 0.25) is 5.02 Å². The Morgan fingerprint density at radius 3 is 2.52 bits per heavy atom. The summed E-state index contributed by atoms with van der Waals surface area (Å²) in [4.78, 5) is 43.2. The van der Waals surface area contributed by atoms with Gasteiger partial charge in [0, 0.05) is 72.0 Å². The molecule has 1 aromatic heterocycles. The summed E-state index contributed by atoms with van der Waals surface area (Å²) in [6.07, 6.45) is 0.960. The van der Waals surface area contributed by atoms with Crippen LogP contribution in [0, 0.1) is 0 Å². The van der Waals surface area contributed by atoms with Gasteiger partial charge in [0.05, 0.1) is 29.0 Å². The Morgan fingerprint density at radius 2 is 1.73 bits per heavy atom. The van der Waals surface area contributed by atoms with Crippen molar-refractivity contribution in [3.05, 3.63) is 112 Å². The van der Waals surface area contributed by atoms with E-state index in [0.29, 0.717) is 72.6 Å². The van der Waals surface area contributed by atoms with E-state index in [1.54, 1.807) is 31.4 Å². The van der Waals surface area contributed by atoms with Crippen molar-refractivity contribution in [1.82, 2.24) is 15.2 Å². The molecule has 0 spiro atoms. The normalized spacial score (nSPS) is 13.5. The van der Waals surface area contributed by atoms with Crippen molar-refractivity contribution >= 4 is 57.6 Å². The molecule has 0 unspecified atom stereocenters. The third kappa shape index (κ3) is 9.45. The van der Waals surface area contributed by atoms with Gasteiger partial charge in [0.15, 0.2) is 0 Å². The van der Waals surface area contributed by atoms with Gasteiger partial charge in [-0.3, -0.25) is 14.9 Å². The number of aromatic hydroxyl groups is 1. The second kappa shape index (κ2) is 17.5. The number of likely N-dealkylation sites (tertiary alicyclic amines) is 1. The van der Waals surface area contributed by atoms with E-state index in [9.17, 15) is 19.5 Å². The molecule has 1 saturated heterocycles. The van der Waals surface area contributed by atoms with Crippen molar-refractivity contribution in [3.8, 4) is 22.6 Å². The van der Waals surface area contributed by atoms with Gasteiger partial charge < -0.3 is 35.1 Å². The van der Waals surface area contributed by atoms with Crippen LogP contribution in [-0.2, 0) is 16.1 Å². The monoisotopic (exact) mass is 741 g/mol. The number of methoxy groups -OCH3 is 1. The largest absolute Gasteiger partial charge is 0.506 e. The Labute approximate surface area is 310 Å². The molecule has 52 heavy (non-hydrogen) atoms. The highest BCUT2D eigenvalue weighted by atomic mass is 35.5. The van der Waals surface area contributed by atoms with Crippen LogP contribution in [0.15, 0.2) is 101 Å². The van der Waals surface area contributed by atoms with E-state index in [-0.39, 0.29) is 29.7 Å². The molecule has 4 aromatic carbocycles. The summed E-state index contributed by atoms with van der Waals surface area (Å²) >= 11 is 8.12. The Morgan fingerprint density at radius 1 is 0.962 bits per heavy atom. The number of carbonyl (C=O) groups is 2. The standard InChI is InChI=1S/C39H40ClN5O6S/c1-50-34-22-32(30(40)21-26(34)23-41-24-52-35-13-12-33(46)38-29(35)11-14-36(47)44-38)42-37(48)17-20-45-18-15-27(16-19-45)51-39(49)43-31-10-6-5-9-28(31)25-7-3-2-4-8-25/h2-14,21-22,27,41,46H,15-20,23-24H2,1H3,(H,42,48)(H,43,49)(H,44,47). The van der Waals surface area contributed by atoms with Crippen LogP contribution in [0.3, 0.4) is 0 Å². The number of nitrogens with one attached hydrogen (secondary N) is 4. The number of H-pyrrole nitrogens is 1. The Hall–Kier alpha value is -5.01. The predicted molar refractivity (Wildman–Crippen MR) is 206 cm³/mol.